The van der Waals surface area contributed by atoms with Gasteiger partial charge in [-0.2, -0.15) is 19.6 Å². The summed E-state index contributed by atoms with van der Waals surface area (Å²) in [6.45, 7) is 9.91. The molecule has 0 bridgehead atoms. The molecule has 266 valence electrons. The molecule has 1 heterocycles. The van der Waals surface area contributed by atoms with Crippen molar-refractivity contribution in [3.63, 3.8) is 0 Å². The van der Waals surface area contributed by atoms with Crippen LogP contribution >= 0.6 is 0 Å². The van der Waals surface area contributed by atoms with Crippen molar-refractivity contribution in [3.05, 3.63) is 0 Å². The zero-order valence-corrected chi connectivity index (χ0v) is 29.5. The first-order valence-corrected chi connectivity index (χ1v) is 18.5. The molecule has 47 heavy (non-hydrogen) atoms. The summed E-state index contributed by atoms with van der Waals surface area (Å²) >= 11 is 0. The van der Waals surface area contributed by atoms with Gasteiger partial charge in [0.05, 0.1) is 7.11 Å². The van der Waals surface area contributed by atoms with E-state index in [4.69, 9.17) is 33.8 Å². The van der Waals surface area contributed by atoms with Crippen molar-refractivity contribution in [3.8, 4) is 0 Å². The predicted molar refractivity (Wildman–Crippen MR) is 170 cm³/mol. The quantitative estimate of drug-likeness (QED) is 0.162. The number of methoxy groups -OCH3 is 1. The maximum absolute atomic E-state index is 12.7. The van der Waals surface area contributed by atoms with E-state index in [-0.39, 0.29) is 76.5 Å². The van der Waals surface area contributed by atoms with Gasteiger partial charge in [-0.1, -0.05) is 40.0 Å². The monoisotopic (exact) mass is 662 g/mol. The summed E-state index contributed by atoms with van der Waals surface area (Å²) in [5, 5.41) is 0. The van der Waals surface area contributed by atoms with Gasteiger partial charge in [-0.05, 0) is 86.4 Å². The minimum atomic E-state index is -1.00. The average Bonchev–Trinajstić information content (AvgIpc) is 3.38. The summed E-state index contributed by atoms with van der Waals surface area (Å²) in [6.07, 6.45) is 13.1. The minimum absolute atomic E-state index is 0.108. The zero-order valence-electron chi connectivity index (χ0n) is 29.5. The highest BCUT2D eigenvalue weighted by molar-refractivity contribution is 5.69. The molecule has 6 aliphatic rings. The van der Waals surface area contributed by atoms with Crippen LogP contribution in [0.1, 0.15) is 137 Å². The lowest BCUT2D eigenvalue weighted by Gasteiger charge is -2.65. The predicted octanol–water partition coefficient (Wildman–Crippen LogP) is 7.36. The summed E-state index contributed by atoms with van der Waals surface area (Å²) in [4.78, 5) is 62.1. The van der Waals surface area contributed by atoms with Crippen LogP contribution in [0.25, 0.3) is 0 Å². The second-order valence-corrected chi connectivity index (χ2v) is 16.5. The van der Waals surface area contributed by atoms with Crippen molar-refractivity contribution < 1.29 is 48.1 Å². The van der Waals surface area contributed by atoms with Crippen LogP contribution in [0.3, 0.4) is 0 Å². The summed E-state index contributed by atoms with van der Waals surface area (Å²) < 4.78 is 17.5. The maximum atomic E-state index is 12.7. The Balaban J connectivity index is 1.26. The Labute approximate surface area is 280 Å². The second-order valence-electron chi connectivity index (χ2n) is 16.5. The van der Waals surface area contributed by atoms with Crippen LogP contribution in [0.2, 0.25) is 0 Å². The highest BCUT2D eigenvalue weighted by atomic mass is 17.4. The molecule has 0 aromatic heterocycles. The molecule has 10 nitrogen and oxygen atoms in total. The van der Waals surface area contributed by atoms with Gasteiger partial charge in [-0.25, -0.2) is 0 Å². The normalized spacial score (nSPS) is 41.4. The third-order valence-corrected chi connectivity index (χ3v) is 14.0. The van der Waals surface area contributed by atoms with E-state index in [0.29, 0.717) is 32.1 Å². The summed E-state index contributed by atoms with van der Waals surface area (Å²) in [5.41, 5.74) is -0.411. The summed E-state index contributed by atoms with van der Waals surface area (Å²) in [5.74, 6) is -1.42. The fourth-order valence-corrected chi connectivity index (χ4v) is 11.5. The maximum Gasteiger partial charge on any atom is 0.305 e. The van der Waals surface area contributed by atoms with Crippen molar-refractivity contribution in [2.45, 2.75) is 161 Å². The van der Waals surface area contributed by atoms with Crippen LogP contribution < -0.4 is 0 Å². The first kappa shape index (κ1) is 35.1. The largest absolute Gasteiger partial charge is 0.469 e. The Morgan fingerprint density at radius 3 is 2.06 bits per heavy atom. The topological polar surface area (TPSA) is 116 Å². The third kappa shape index (κ3) is 6.50. The molecule has 1 aliphatic heterocycles. The van der Waals surface area contributed by atoms with E-state index in [9.17, 15) is 14.4 Å². The first-order valence-electron chi connectivity index (χ1n) is 18.5. The van der Waals surface area contributed by atoms with Crippen LogP contribution in [0, 0.1) is 46.3 Å². The van der Waals surface area contributed by atoms with E-state index in [2.05, 4.69) is 20.8 Å². The van der Waals surface area contributed by atoms with Gasteiger partial charge in [0.15, 0.2) is 0 Å². The highest BCUT2D eigenvalue weighted by Gasteiger charge is 2.69. The molecule has 2 unspecified atom stereocenters. The SMILES string of the molecule is COC(=O)CCC(C)C1CC[C@H]2[C@@H]3[C@H](OC(C)=O)C[C@@H]4CC5(CC[C@]4(C)[C@H]3C[C@H](OC(C)=O)[C@]12C)OOC1(CCCCCCC1)OO5. The molecule has 5 aliphatic carbocycles. The van der Waals surface area contributed by atoms with Crippen LogP contribution in [0.5, 0.6) is 0 Å². The van der Waals surface area contributed by atoms with Gasteiger partial charge in [0.25, 0.3) is 0 Å². The van der Waals surface area contributed by atoms with Gasteiger partial charge in [-0.15, -0.1) is 0 Å². The van der Waals surface area contributed by atoms with Gasteiger partial charge < -0.3 is 14.2 Å². The first-order chi connectivity index (χ1) is 22.3. The molecular formula is C37H58O10. The number of esters is 3. The Bertz CT molecular complexity index is 1150. The average molecular weight is 663 g/mol. The molecule has 2 spiro atoms. The molecule has 0 amide bonds. The Morgan fingerprint density at radius 1 is 0.787 bits per heavy atom. The Hall–Kier alpha value is -1.75. The van der Waals surface area contributed by atoms with Crippen molar-refractivity contribution in [1.82, 2.24) is 0 Å². The number of hydrogen-bond donors (Lipinski definition) is 0. The summed E-state index contributed by atoms with van der Waals surface area (Å²) in [6, 6.07) is 0. The lowest BCUT2D eigenvalue weighted by atomic mass is 9.42. The molecule has 1 saturated heterocycles. The van der Waals surface area contributed by atoms with Crippen LogP contribution in [0.15, 0.2) is 0 Å². The number of ether oxygens (including phenoxy) is 3. The minimum Gasteiger partial charge on any atom is -0.469 e. The standard InChI is InChI=1S/C37H58O10/c1-23(12-15-32(40)41-6)27-13-14-28-33-29(21-31(35(27,28)5)43-25(3)39)34(4)18-19-37(22-26(34)20-30(33)42-24(2)38)46-44-36(45-47-37)16-10-8-7-9-11-17-36/h23,26-31,33H,7-22H2,1-6H3/t23?,26-,27?,28+,29+,30-,31+,33+,34+,35-/m1/s1. The van der Waals surface area contributed by atoms with E-state index in [0.717, 1.165) is 64.2 Å². The molecule has 0 aromatic rings. The van der Waals surface area contributed by atoms with Crippen molar-refractivity contribution in [1.29, 1.82) is 0 Å². The molecule has 0 aromatic carbocycles. The van der Waals surface area contributed by atoms with Gasteiger partial charge in [0, 0.05) is 57.3 Å². The summed E-state index contributed by atoms with van der Waals surface area (Å²) in [7, 11) is 1.43. The number of carbonyl (C=O) groups excluding carboxylic acids is 3. The van der Waals surface area contributed by atoms with E-state index in [1.165, 1.54) is 27.4 Å². The molecule has 5 saturated carbocycles. The number of fused-ring (bicyclic) bond motifs is 5. The van der Waals surface area contributed by atoms with E-state index in [1.807, 2.05) is 0 Å². The molecule has 6 rings (SSSR count). The van der Waals surface area contributed by atoms with Crippen molar-refractivity contribution >= 4 is 17.9 Å². The lowest BCUT2D eigenvalue weighted by Crippen LogP contribution is -2.65. The van der Waals surface area contributed by atoms with E-state index in [1.54, 1.807) is 0 Å². The van der Waals surface area contributed by atoms with E-state index >= 15 is 0 Å². The fraction of sp³-hybridized carbons (Fsp3) is 0.919. The Kier molecular flexibility index (Phi) is 10.1. The molecule has 0 N–H and O–H groups in total. The van der Waals surface area contributed by atoms with Crippen molar-refractivity contribution in [2.75, 3.05) is 7.11 Å². The Morgan fingerprint density at radius 2 is 1.43 bits per heavy atom. The molecule has 6 fully saturated rings. The fourth-order valence-electron chi connectivity index (χ4n) is 11.5. The second kappa shape index (κ2) is 13.5. The number of carbonyl (C=O) groups is 3. The molecule has 10 atom stereocenters. The highest BCUT2D eigenvalue weighted by Crippen LogP contribution is 2.70. The number of hydrogen-bond acceptors (Lipinski definition) is 10. The lowest BCUT2D eigenvalue weighted by molar-refractivity contribution is -0.664. The van der Waals surface area contributed by atoms with Gasteiger partial charge in [-0.3, -0.25) is 14.4 Å². The van der Waals surface area contributed by atoms with Crippen LogP contribution in [0.4, 0.5) is 0 Å². The van der Waals surface area contributed by atoms with Crippen molar-refractivity contribution in [2.24, 2.45) is 46.3 Å². The van der Waals surface area contributed by atoms with Gasteiger partial charge >= 0.3 is 17.9 Å². The smallest absolute Gasteiger partial charge is 0.305 e. The zero-order chi connectivity index (χ0) is 33.6. The third-order valence-electron chi connectivity index (χ3n) is 14.0. The van der Waals surface area contributed by atoms with Crippen LogP contribution in [-0.2, 0) is 48.1 Å². The molecule has 0 radical (unpaired) electrons. The van der Waals surface area contributed by atoms with Gasteiger partial charge in [0.1, 0.15) is 12.2 Å². The molecular weight excluding hydrogens is 604 g/mol. The van der Waals surface area contributed by atoms with Crippen LogP contribution in [-0.4, -0.2) is 48.8 Å². The number of rotatable bonds is 6. The van der Waals surface area contributed by atoms with E-state index < -0.39 is 11.6 Å². The molecule has 10 heteroatoms. The van der Waals surface area contributed by atoms with Gasteiger partial charge in [0.2, 0.25) is 11.6 Å².